The first kappa shape index (κ1) is 20.6. The predicted octanol–water partition coefficient (Wildman–Crippen LogP) is 4.79. The summed E-state index contributed by atoms with van der Waals surface area (Å²) in [5, 5.41) is 3.33. The average molecular weight is 409 g/mol. The largest absolute Gasteiger partial charge is 0.491 e. The van der Waals surface area contributed by atoms with E-state index in [-0.39, 0.29) is 12.0 Å². The lowest BCUT2D eigenvalue weighted by Crippen LogP contribution is -2.17. The van der Waals surface area contributed by atoms with Crippen molar-refractivity contribution < 1.29 is 14.3 Å². The second-order valence-corrected chi connectivity index (χ2v) is 8.13. The number of primary amides is 1. The molecule has 3 N–H and O–H groups in total. The van der Waals surface area contributed by atoms with Gasteiger partial charge >= 0.3 is 0 Å². The Morgan fingerprint density at radius 3 is 2.31 bits per heavy atom. The number of amides is 2. The molecule has 150 valence electrons. The van der Waals surface area contributed by atoms with Crippen LogP contribution in [0, 0.1) is 6.92 Å². The molecule has 0 aliphatic heterocycles. The summed E-state index contributed by atoms with van der Waals surface area (Å²) in [6, 6.07) is 16.9. The van der Waals surface area contributed by atoms with Gasteiger partial charge in [0.1, 0.15) is 10.8 Å². The van der Waals surface area contributed by atoms with Gasteiger partial charge in [0.2, 0.25) is 0 Å². The van der Waals surface area contributed by atoms with Gasteiger partial charge in [-0.25, -0.2) is 0 Å². The Morgan fingerprint density at radius 2 is 1.72 bits per heavy atom. The standard InChI is InChI=1S/C23H24N2O3S/c1-14(2)28-18-11-9-17(10-12-18)22(27)25-23-20(21(24)26)15(3)19(29-23)13-16-7-5-4-6-8-16/h4-12,14H,13H2,1-3H3,(H2,24,26)(H,25,27). The van der Waals surface area contributed by atoms with Gasteiger partial charge in [-0.3, -0.25) is 9.59 Å². The van der Waals surface area contributed by atoms with Gasteiger partial charge in [-0.1, -0.05) is 30.3 Å². The van der Waals surface area contributed by atoms with E-state index in [0.29, 0.717) is 28.3 Å². The van der Waals surface area contributed by atoms with Crippen LogP contribution in [0.2, 0.25) is 0 Å². The third-order valence-electron chi connectivity index (χ3n) is 4.41. The van der Waals surface area contributed by atoms with E-state index in [4.69, 9.17) is 10.5 Å². The molecule has 0 aliphatic carbocycles. The summed E-state index contributed by atoms with van der Waals surface area (Å²) in [6.07, 6.45) is 0.735. The number of anilines is 1. The van der Waals surface area contributed by atoms with Crippen LogP contribution in [0.25, 0.3) is 0 Å². The van der Waals surface area contributed by atoms with Crippen molar-refractivity contribution in [1.29, 1.82) is 0 Å². The Kier molecular flexibility index (Phi) is 6.34. The van der Waals surface area contributed by atoms with Crippen molar-refractivity contribution in [1.82, 2.24) is 0 Å². The second-order valence-electron chi connectivity index (χ2n) is 7.03. The van der Waals surface area contributed by atoms with E-state index in [1.54, 1.807) is 24.3 Å². The number of hydrogen-bond acceptors (Lipinski definition) is 4. The van der Waals surface area contributed by atoms with Crippen molar-refractivity contribution in [3.8, 4) is 5.75 Å². The lowest BCUT2D eigenvalue weighted by Gasteiger charge is -2.10. The van der Waals surface area contributed by atoms with Crippen LogP contribution in [0.5, 0.6) is 5.75 Å². The van der Waals surface area contributed by atoms with Crippen LogP contribution >= 0.6 is 11.3 Å². The smallest absolute Gasteiger partial charge is 0.256 e. The summed E-state index contributed by atoms with van der Waals surface area (Å²) in [4.78, 5) is 25.7. The number of carbonyl (C=O) groups is 2. The Bertz CT molecular complexity index is 1010. The number of rotatable bonds is 7. The summed E-state index contributed by atoms with van der Waals surface area (Å²) < 4.78 is 5.60. The van der Waals surface area contributed by atoms with Crippen molar-refractivity contribution in [3.05, 3.63) is 81.7 Å². The molecule has 0 saturated carbocycles. The number of benzene rings is 2. The minimum absolute atomic E-state index is 0.0601. The zero-order valence-corrected chi connectivity index (χ0v) is 17.5. The van der Waals surface area contributed by atoms with E-state index in [9.17, 15) is 9.59 Å². The van der Waals surface area contributed by atoms with Gasteiger partial charge in [-0.15, -0.1) is 11.3 Å². The number of nitrogens with two attached hydrogens (primary N) is 1. The molecule has 3 rings (SSSR count). The SMILES string of the molecule is Cc1c(Cc2ccccc2)sc(NC(=O)c2ccc(OC(C)C)cc2)c1C(N)=O. The minimum Gasteiger partial charge on any atom is -0.491 e. The number of thiophene rings is 1. The molecule has 0 fully saturated rings. The number of carbonyl (C=O) groups excluding carboxylic acids is 2. The van der Waals surface area contributed by atoms with E-state index in [1.165, 1.54) is 11.3 Å². The Balaban J connectivity index is 1.83. The number of nitrogens with one attached hydrogen (secondary N) is 1. The fourth-order valence-corrected chi connectivity index (χ4v) is 4.27. The molecule has 5 nitrogen and oxygen atoms in total. The first-order valence-corrected chi connectivity index (χ1v) is 10.2. The molecule has 0 aliphatic rings. The second kappa shape index (κ2) is 8.92. The summed E-state index contributed by atoms with van der Waals surface area (Å²) >= 11 is 1.39. The molecule has 0 spiro atoms. The lowest BCUT2D eigenvalue weighted by atomic mass is 10.1. The molecule has 1 heterocycles. The number of ether oxygens (including phenoxy) is 1. The molecule has 3 aromatic rings. The van der Waals surface area contributed by atoms with Crippen molar-refractivity contribution in [3.63, 3.8) is 0 Å². The molecule has 0 saturated heterocycles. The first-order valence-electron chi connectivity index (χ1n) is 9.39. The maximum absolute atomic E-state index is 12.7. The van der Waals surface area contributed by atoms with Crippen LogP contribution in [-0.4, -0.2) is 17.9 Å². The van der Waals surface area contributed by atoms with Gasteiger partial charge in [-0.05, 0) is 56.2 Å². The van der Waals surface area contributed by atoms with Crippen molar-refractivity contribution in [2.45, 2.75) is 33.3 Å². The Hall–Kier alpha value is -3.12. The molecular formula is C23H24N2O3S. The monoisotopic (exact) mass is 408 g/mol. The fourth-order valence-electron chi connectivity index (χ4n) is 3.03. The van der Waals surface area contributed by atoms with Gasteiger partial charge in [0.15, 0.2) is 0 Å². The average Bonchev–Trinajstić information content (AvgIpc) is 2.97. The number of hydrogen-bond donors (Lipinski definition) is 2. The summed E-state index contributed by atoms with van der Waals surface area (Å²) in [5.74, 6) is -0.142. The van der Waals surface area contributed by atoms with E-state index in [0.717, 1.165) is 16.0 Å². The molecule has 0 unspecified atom stereocenters. The fraction of sp³-hybridized carbons (Fsp3) is 0.217. The third kappa shape index (κ3) is 5.03. The molecule has 6 heteroatoms. The quantitative estimate of drug-likeness (QED) is 0.590. The molecule has 2 aromatic carbocycles. The maximum Gasteiger partial charge on any atom is 0.256 e. The lowest BCUT2D eigenvalue weighted by molar-refractivity contribution is 0.100. The van der Waals surface area contributed by atoms with Gasteiger partial charge in [0, 0.05) is 16.9 Å². The highest BCUT2D eigenvalue weighted by molar-refractivity contribution is 7.17. The molecule has 0 radical (unpaired) electrons. The molecular weight excluding hydrogens is 384 g/mol. The van der Waals surface area contributed by atoms with Crippen LogP contribution < -0.4 is 15.8 Å². The van der Waals surface area contributed by atoms with Crippen LogP contribution in [0.3, 0.4) is 0 Å². The topological polar surface area (TPSA) is 81.4 Å². The van der Waals surface area contributed by atoms with Gasteiger partial charge < -0.3 is 15.8 Å². The molecule has 1 aromatic heterocycles. The van der Waals surface area contributed by atoms with Crippen molar-refractivity contribution in [2.75, 3.05) is 5.32 Å². The zero-order valence-electron chi connectivity index (χ0n) is 16.7. The van der Waals surface area contributed by atoms with Crippen LogP contribution in [0.15, 0.2) is 54.6 Å². The van der Waals surface area contributed by atoms with E-state index < -0.39 is 5.91 Å². The molecule has 0 atom stereocenters. The van der Waals surface area contributed by atoms with Crippen molar-refractivity contribution in [2.24, 2.45) is 5.73 Å². The van der Waals surface area contributed by atoms with E-state index in [1.807, 2.05) is 51.1 Å². The molecule has 29 heavy (non-hydrogen) atoms. The minimum atomic E-state index is -0.547. The van der Waals surface area contributed by atoms with Gasteiger partial charge in [0.05, 0.1) is 11.7 Å². The van der Waals surface area contributed by atoms with Crippen LogP contribution in [0.1, 0.15) is 50.6 Å². The summed E-state index contributed by atoms with van der Waals surface area (Å²) in [5.41, 5.74) is 8.39. The van der Waals surface area contributed by atoms with E-state index in [2.05, 4.69) is 5.32 Å². The highest BCUT2D eigenvalue weighted by Crippen LogP contribution is 2.34. The zero-order chi connectivity index (χ0) is 21.0. The normalized spacial score (nSPS) is 10.8. The maximum atomic E-state index is 12.7. The van der Waals surface area contributed by atoms with Crippen LogP contribution in [0.4, 0.5) is 5.00 Å². The summed E-state index contributed by atoms with van der Waals surface area (Å²) in [7, 11) is 0. The van der Waals surface area contributed by atoms with Crippen molar-refractivity contribution >= 4 is 28.2 Å². The Morgan fingerprint density at radius 1 is 1.07 bits per heavy atom. The van der Waals surface area contributed by atoms with Gasteiger partial charge in [-0.2, -0.15) is 0 Å². The first-order chi connectivity index (χ1) is 13.8. The Labute approximate surface area is 174 Å². The van der Waals surface area contributed by atoms with Gasteiger partial charge in [0.25, 0.3) is 11.8 Å². The molecule has 2 amide bonds. The third-order valence-corrected chi connectivity index (χ3v) is 5.62. The molecule has 0 bridgehead atoms. The van der Waals surface area contributed by atoms with E-state index >= 15 is 0 Å². The predicted molar refractivity (Wildman–Crippen MR) is 117 cm³/mol. The highest BCUT2D eigenvalue weighted by Gasteiger charge is 2.21. The summed E-state index contributed by atoms with van der Waals surface area (Å²) in [6.45, 7) is 5.75. The van der Waals surface area contributed by atoms with Crippen LogP contribution in [-0.2, 0) is 6.42 Å². The highest BCUT2D eigenvalue weighted by atomic mass is 32.1.